The number of benzene rings is 1. The molecule has 0 bridgehead atoms. The van der Waals surface area contributed by atoms with E-state index < -0.39 is 11.6 Å². The largest absolute Gasteiger partial charge is 0.313 e. The number of nitrogens with zero attached hydrogens (tertiary/aromatic N) is 1. The summed E-state index contributed by atoms with van der Waals surface area (Å²) in [6.45, 7) is 3.67. The van der Waals surface area contributed by atoms with E-state index >= 15 is 0 Å². The highest BCUT2D eigenvalue weighted by molar-refractivity contribution is 5.63. The highest BCUT2D eigenvalue weighted by atomic mass is 19.1. The third-order valence-electron chi connectivity index (χ3n) is 2.79. The predicted molar refractivity (Wildman–Crippen MR) is 71.6 cm³/mol. The van der Waals surface area contributed by atoms with E-state index in [1.165, 1.54) is 6.07 Å². The number of hydrogen-bond donors (Lipinski definition) is 1. The van der Waals surface area contributed by atoms with Crippen molar-refractivity contribution in [3.63, 3.8) is 0 Å². The van der Waals surface area contributed by atoms with Gasteiger partial charge in [0, 0.05) is 30.1 Å². The molecule has 0 radical (unpaired) electrons. The first-order valence-electron chi connectivity index (χ1n) is 6.30. The van der Waals surface area contributed by atoms with Crippen molar-refractivity contribution >= 4 is 0 Å². The van der Waals surface area contributed by atoms with Crippen molar-refractivity contribution in [2.75, 3.05) is 6.54 Å². The van der Waals surface area contributed by atoms with Crippen LogP contribution in [0.3, 0.4) is 0 Å². The van der Waals surface area contributed by atoms with Gasteiger partial charge in [0.2, 0.25) is 0 Å². The van der Waals surface area contributed by atoms with Crippen LogP contribution in [0.5, 0.6) is 0 Å². The summed E-state index contributed by atoms with van der Waals surface area (Å²) in [5.74, 6) is -0.896. The third kappa shape index (κ3) is 3.58. The second-order valence-corrected chi connectivity index (χ2v) is 4.38. The van der Waals surface area contributed by atoms with Crippen LogP contribution >= 0.6 is 0 Å². The summed E-state index contributed by atoms with van der Waals surface area (Å²) in [6.07, 6.45) is 4.32. The molecule has 1 aromatic carbocycles. The van der Waals surface area contributed by atoms with E-state index in [0.29, 0.717) is 12.1 Å². The minimum Gasteiger partial charge on any atom is -0.313 e. The first-order valence-corrected chi connectivity index (χ1v) is 6.30. The van der Waals surface area contributed by atoms with Gasteiger partial charge >= 0.3 is 0 Å². The maximum Gasteiger partial charge on any atom is 0.131 e. The van der Waals surface area contributed by atoms with Crippen LogP contribution < -0.4 is 5.32 Å². The van der Waals surface area contributed by atoms with Crippen LogP contribution in [-0.2, 0) is 6.54 Å². The standard InChI is InChI=1S/C15H16F2N2/c1-2-5-18-8-11-6-12(10-19-9-11)14-7-13(16)3-4-15(14)17/h3-4,6-7,9-10,18H,2,5,8H2,1H3. The Morgan fingerprint density at radius 3 is 2.79 bits per heavy atom. The zero-order chi connectivity index (χ0) is 13.7. The first-order chi connectivity index (χ1) is 9.20. The third-order valence-corrected chi connectivity index (χ3v) is 2.79. The summed E-state index contributed by atoms with van der Waals surface area (Å²) < 4.78 is 26.9. The molecule has 2 nitrogen and oxygen atoms in total. The molecule has 1 aromatic heterocycles. The minimum atomic E-state index is -0.453. The molecular weight excluding hydrogens is 246 g/mol. The Bertz CT molecular complexity index is 556. The number of rotatable bonds is 5. The molecule has 4 heteroatoms. The van der Waals surface area contributed by atoms with E-state index in [-0.39, 0.29) is 5.56 Å². The van der Waals surface area contributed by atoms with Crippen molar-refractivity contribution < 1.29 is 8.78 Å². The maximum atomic E-state index is 13.7. The van der Waals surface area contributed by atoms with Gasteiger partial charge in [0.15, 0.2) is 0 Å². The van der Waals surface area contributed by atoms with Crippen molar-refractivity contribution in [2.45, 2.75) is 19.9 Å². The van der Waals surface area contributed by atoms with Crippen molar-refractivity contribution in [3.8, 4) is 11.1 Å². The zero-order valence-electron chi connectivity index (χ0n) is 10.8. The van der Waals surface area contributed by atoms with E-state index in [1.54, 1.807) is 12.4 Å². The highest BCUT2D eigenvalue weighted by Gasteiger charge is 2.07. The Balaban J connectivity index is 2.24. The van der Waals surface area contributed by atoms with Crippen LogP contribution in [0.4, 0.5) is 8.78 Å². The van der Waals surface area contributed by atoms with Crippen LogP contribution in [0, 0.1) is 11.6 Å². The summed E-state index contributed by atoms with van der Waals surface area (Å²) in [5, 5.41) is 3.25. The van der Waals surface area contributed by atoms with Gasteiger partial charge < -0.3 is 5.32 Å². The van der Waals surface area contributed by atoms with E-state index in [2.05, 4.69) is 17.2 Å². The number of nitrogens with one attached hydrogen (secondary N) is 1. The van der Waals surface area contributed by atoms with Gasteiger partial charge in [-0.1, -0.05) is 6.92 Å². The summed E-state index contributed by atoms with van der Waals surface area (Å²) in [6, 6.07) is 5.26. The van der Waals surface area contributed by atoms with Crippen molar-refractivity contribution in [1.82, 2.24) is 10.3 Å². The van der Waals surface area contributed by atoms with Crippen LogP contribution in [-0.4, -0.2) is 11.5 Å². The van der Waals surface area contributed by atoms with E-state index in [9.17, 15) is 8.78 Å². The summed E-state index contributed by atoms with van der Waals surface area (Å²) in [4.78, 5) is 4.08. The second-order valence-electron chi connectivity index (χ2n) is 4.38. The Kier molecular flexibility index (Phi) is 4.58. The molecule has 0 saturated heterocycles. The molecule has 100 valence electrons. The monoisotopic (exact) mass is 262 g/mol. The van der Waals surface area contributed by atoms with Crippen LogP contribution in [0.1, 0.15) is 18.9 Å². The molecule has 0 amide bonds. The molecule has 2 aromatic rings. The molecule has 1 heterocycles. The number of halogens is 2. The fraction of sp³-hybridized carbons (Fsp3) is 0.267. The highest BCUT2D eigenvalue weighted by Crippen LogP contribution is 2.23. The maximum absolute atomic E-state index is 13.7. The molecule has 0 aliphatic rings. The second kappa shape index (κ2) is 6.38. The fourth-order valence-corrected chi connectivity index (χ4v) is 1.86. The topological polar surface area (TPSA) is 24.9 Å². The Morgan fingerprint density at radius 2 is 2.00 bits per heavy atom. The first kappa shape index (κ1) is 13.6. The Labute approximate surface area is 111 Å². The van der Waals surface area contributed by atoms with Crippen LogP contribution in [0.2, 0.25) is 0 Å². The predicted octanol–water partition coefficient (Wildman–Crippen LogP) is 3.53. The smallest absolute Gasteiger partial charge is 0.131 e. The van der Waals surface area contributed by atoms with Gasteiger partial charge in [-0.3, -0.25) is 4.98 Å². The fourth-order valence-electron chi connectivity index (χ4n) is 1.86. The normalized spacial score (nSPS) is 10.7. The minimum absolute atomic E-state index is 0.241. The molecule has 0 spiro atoms. The zero-order valence-corrected chi connectivity index (χ0v) is 10.8. The van der Waals surface area contributed by atoms with Gasteiger partial charge in [-0.25, -0.2) is 8.78 Å². The lowest BCUT2D eigenvalue weighted by atomic mass is 10.1. The lowest BCUT2D eigenvalue weighted by molar-refractivity contribution is 0.603. The quantitative estimate of drug-likeness (QED) is 0.834. The molecule has 0 aliphatic carbocycles. The molecule has 1 N–H and O–H groups in total. The molecule has 0 fully saturated rings. The molecular formula is C15H16F2N2. The van der Waals surface area contributed by atoms with E-state index in [4.69, 9.17) is 0 Å². The van der Waals surface area contributed by atoms with E-state index in [1.807, 2.05) is 6.07 Å². The van der Waals surface area contributed by atoms with Gasteiger partial charge in [-0.15, -0.1) is 0 Å². The summed E-state index contributed by atoms with van der Waals surface area (Å²) in [5.41, 5.74) is 1.78. The van der Waals surface area contributed by atoms with E-state index in [0.717, 1.165) is 30.7 Å². The lowest BCUT2D eigenvalue weighted by Crippen LogP contribution is -2.13. The summed E-state index contributed by atoms with van der Waals surface area (Å²) in [7, 11) is 0. The summed E-state index contributed by atoms with van der Waals surface area (Å²) >= 11 is 0. The van der Waals surface area contributed by atoms with Crippen molar-refractivity contribution in [1.29, 1.82) is 0 Å². The van der Waals surface area contributed by atoms with Gasteiger partial charge in [0.1, 0.15) is 11.6 Å². The van der Waals surface area contributed by atoms with Crippen LogP contribution in [0.25, 0.3) is 11.1 Å². The number of hydrogen-bond acceptors (Lipinski definition) is 2. The lowest BCUT2D eigenvalue weighted by Gasteiger charge is -2.07. The average molecular weight is 262 g/mol. The number of aromatic nitrogens is 1. The van der Waals surface area contributed by atoms with Crippen LogP contribution in [0.15, 0.2) is 36.7 Å². The molecule has 0 aliphatic heterocycles. The SMILES string of the molecule is CCCNCc1cncc(-c2cc(F)ccc2F)c1. The molecule has 0 unspecified atom stereocenters. The molecule has 2 rings (SSSR count). The van der Waals surface area contributed by atoms with Gasteiger partial charge in [-0.2, -0.15) is 0 Å². The Hall–Kier alpha value is -1.81. The Morgan fingerprint density at radius 1 is 1.16 bits per heavy atom. The van der Waals surface area contributed by atoms with Crippen molar-refractivity contribution in [2.24, 2.45) is 0 Å². The molecule has 19 heavy (non-hydrogen) atoms. The molecule has 0 atom stereocenters. The van der Waals surface area contributed by atoms with Gasteiger partial charge in [0.05, 0.1) is 0 Å². The van der Waals surface area contributed by atoms with Gasteiger partial charge in [0.25, 0.3) is 0 Å². The molecule has 0 saturated carbocycles. The van der Waals surface area contributed by atoms with Crippen molar-refractivity contribution in [3.05, 3.63) is 53.9 Å². The average Bonchev–Trinajstić information content (AvgIpc) is 2.42. The van der Waals surface area contributed by atoms with Gasteiger partial charge in [-0.05, 0) is 42.8 Å². The number of pyridine rings is 1.